The van der Waals surface area contributed by atoms with E-state index in [1.807, 2.05) is 13.2 Å². The lowest BCUT2D eigenvalue weighted by Gasteiger charge is -2.13. The summed E-state index contributed by atoms with van der Waals surface area (Å²) in [6.07, 6.45) is 1.94. The molecule has 1 unspecified atom stereocenters. The average molecular weight is 302 g/mol. The number of carboxylic acids is 1. The first-order valence-corrected chi connectivity index (χ1v) is 7.20. The van der Waals surface area contributed by atoms with Crippen molar-refractivity contribution >= 4 is 29.1 Å². The molecule has 110 valence electrons. The van der Waals surface area contributed by atoms with Crippen molar-refractivity contribution in [3.05, 3.63) is 33.6 Å². The van der Waals surface area contributed by atoms with E-state index in [0.717, 1.165) is 11.8 Å². The maximum absolute atomic E-state index is 13.4. The molecule has 8 heteroatoms. The first-order valence-electron chi connectivity index (χ1n) is 5.80. The van der Waals surface area contributed by atoms with Crippen LogP contribution in [0.4, 0.5) is 15.8 Å². The molecule has 0 aromatic heterocycles. The molecule has 0 radical (unpaired) electrons. The van der Waals surface area contributed by atoms with Gasteiger partial charge in [-0.05, 0) is 24.0 Å². The topological polar surface area (TPSA) is 92.5 Å². The molecule has 0 amide bonds. The van der Waals surface area contributed by atoms with E-state index in [1.165, 1.54) is 0 Å². The third kappa shape index (κ3) is 4.09. The number of thioether (sulfide) groups is 1. The quantitative estimate of drug-likeness (QED) is 0.594. The van der Waals surface area contributed by atoms with Crippen molar-refractivity contribution in [2.24, 2.45) is 5.92 Å². The highest BCUT2D eigenvalue weighted by Crippen LogP contribution is 2.28. The van der Waals surface area contributed by atoms with Gasteiger partial charge in [-0.2, -0.15) is 11.8 Å². The maximum Gasteiger partial charge on any atom is 0.338 e. The Morgan fingerprint density at radius 1 is 1.60 bits per heavy atom. The number of nitro benzene ring substituents is 1. The van der Waals surface area contributed by atoms with Crippen molar-refractivity contribution in [1.82, 2.24) is 0 Å². The Balaban J connectivity index is 3.05. The number of carbonyl (C=O) groups is 1. The molecule has 6 nitrogen and oxygen atoms in total. The fourth-order valence-electron chi connectivity index (χ4n) is 1.65. The maximum atomic E-state index is 13.4. The van der Waals surface area contributed by atoms with Gasteiger partial charge in [-0.25, -0.2) is 9.18 Å². The number of nitrogens with one attached hydrogen (secondary N) is 1. The second-order valence-electron chi connectivity index (χ2n) is 4.35. The third-order valence-electron chi connectivity index (χ3n) is 2.60. The van der Waals surface area contributed by atoms with Gasteiger partial charge in [-0.3, -0.25) is 10.1 Å². The summed E-state index contributed by atoms with van der Waals surface area (Å²) >= 11 is 1.64. The number of hydrogen-bond acceptors (Lipinski definition) is 5. The van der Waals surface area contributed by atoms with Crippen molar-refractivity contribution in [1.29, 1.82) is 0 Å². The molecule has 0 fully saturated rings. The van der Waals surface area contributed by atoms with Crippen LogP contribution in [0, 0.1) is 21.8 Å². The molecule has 0 bridgehead atoms. The van der Waals surface area contributed by atoms with E-state index in [0.29, 0.717) is 12.6 Å². The van der Waals surface area contributed by atoms with Crippen LogP contribution in [-0.2, 0) is 0 Å². The van der Waals surface area contributed by atoms with E-state index < -0.39 is 28.0 Å². The number of benzene rings is 1. The Morgan fingerprint density at radius 3 is 2.75 bits per heavy atom. The van der Waals surface area contributed by atoms with Crippen molar-refractivity contribution in [2.75, 3.05) is 23.9 Å². The fraction of sp³-hybridized carbons (Fsp3) is 0.417. The normalized spacial score (nSPS) is 11.9. The molecule has 2 N–H and O–H groups in total. The number of nitro groups is 1. The largest absolute Gasteiger partial charge is 0.478 e. The summed E-state index contributed by atoms with van der Waals surface area (Å²) in [6.45, 7) is 2.39. The van der Waals surface area contributed by atoms with Crippen LogP contribution in [0.1, 0.15) is 17.3 Å². The van der Waals surface area contributed by atoms with Crippen LogP contribution in [-0.4, -0.2) is 34.6 Å². The molecule has 0 saturated carbocycles. The average Bonchev–Trinajstić information content (AvgIpc) is 2.36. The standard InChI is InChI=1S/C12H15FN2O4S/c1-7(6-20-2)5-14-10-3-8(12(16)17)9(13)4-11(10)15(18)19/h3-4,7,14H,5-6H2,1-2H3,(H,16,17). The number of aromatic carboxylic acids is 1. The van der Waals surface area contributed by atoms with Gasteiger partial charge in [0.25, 0.3) is 5.69 Å². The van der Waals surface area contributed by atoms with Gasteiger partial charge in [0.2, 0.25) is 0 Å². The van der Waals surface area contributed by atoms with E-state index in [-0.39, 0.29) is 11.6 Å². The van der Waals surface area contributed by atoms with E-state index in [2.05, 4.69) is 5.32 Å². The van der Waals surface area contributed by atoms with Crippen LogP contribution in [0.5, 0.6) is 0 Å². The van der Waals surface area contributed by atoms with Gasteiger partial charge in [0.1, 0.15) is 11.5 Å². The molecule has 20 heavy (non-hydrogen) atoms. The minimum Gasteiger partial charge on any atom is -0.478 e. The molecular weight excluding hydrogens is 287 g/mol. The number of anilines is 1. The molecule has 0 aliphatic heterocycles. The summed E-state index contributed by atoms with van der Waals surface area (Å²) in [6, 6.07) is 1.59. The molecule has 0 aliphatic carbocycles. The molecular formula is C12H15FN2O4S. The van der Waals surface area contributed by atoms with Gasteiger partial charge >= 0.3 is 5.97 Å². The summed E-state index contributed by atoms with van der Waals surface area (Å²) in [7, 11) is 0. The van der Waals surface area contributed by atoms with E-state index in [1.54, 1.807) is 11.8 Å². The lowest BCUT2D eigenvalue weighted by molar-refractivity contribution is -0.384. The van der Waals surface area contributed by atoms with Gasteiger partial charge in [0.05, 0.1) is 16.6 Å². The Bertz CT molecular complexity index is 524. The highest BCUT2D eigenvalue weighted by Gasteiger charge is 2.21. The van der Waals surface area contributed by atoms with Gasteiger partial charge in [-0.15, -0.1) is 0 Å². The van der Waals surface area contributed by atoms with Crippen LogP contribution < -0.4 is 5.32 Å². The van der Waals surface area contributed by atoms with Crippen LogP contribution in [0.15, 0.2) is 12.1 Å². The Hall–Kier alpha value is -1.83. The van der Waals surface area contributed by atoms with E-state index >= 15 is 0 Å². The Morgan fingerprint density at radius 2 is 2.25 bits per heavy atom. The summed E-state index contributed by atoms with van der Waals surface area (Å²) in [5.74, 6) is -1.49. The molecule has 0 saturated heterocycles. The van der Waals surface area contributed by atoms with Crippen molar-refractivity contribution in [3.8, 4) is 0 Å². The zero-order valence-corrected chi connectivity index (χ0v) is 11.9. The number of hydrogen-bond donors (Lipinski definition) is 2. The molecule has 0 aliphatic rings. The SMILES string of the molecule is CSCC(C)CNc1cc(C(=O)O)c(F)cc1[N+](=O)[O-]. The molecule has 0 heterocycles. The van der Waals surface area contributed by atoms with Crippen molar-refractivity contribution in [3.63, 3.8) is 0 Å². The van der Waals surface area contributed by atoms with Gasteiger partial charge in [0.15, 0.2) is 0 Å². The third-order valence-corrected chi connectivity index (χ3v) is 3.51. The molecule has 1 rings (SSSR count). The Labute approximate surface area is 119 Å². The lowest BCUT2D eigenvalue weighted by atomic mass is 10.1. The van der Waals surface area contributed by atoms with Gasteiger partial charge < -0.3 is 10.4 Å². The van der Waals surface area contributed by atoms with Crippen LogP contribution in [0.25, 0.3) is 0 Å². The highest BCUT2D eigenvalue weighted by atomic mass is 32.2. The number of nitrogens with zero attached hydrogens (tertiary/aromatic N) is 1. The minimum atomic E-state index is -1.46. The van der Waals surface area contributed by atoms with Gasteiger partial charge in [-0.1, -0.05) is 6.92 Å². The van der Waals surface area contributed by atoms with E-state index in [9.17, 15) is 19.3 Å². The monoisotopic (exact) mass is 302 g/mol. The van der Waals surface area contributed by atoms with Crippen LogP contribution in [0.2, 0.25) is 0 Å². The smallest absolute Gasteiger partial charge is 0.338 e. The molecule has 1 aromatic carbocycles. The van der Waals surface area contributed by atoms with E-state index in [4.69, 9.17) is 5.11 Å². The number of carboxylic acid groups (broad SMARTS) is 1. The summed E-state index contributed by atoms with van der Waals surface area (Å²) in [4.78, 5) is 21.0. The zero-order chi connectivity index (χ0) is 15.3. The fourth-order valence-corrected chi connectivity index (χ4v) is 2.33. The van der Waals surface area contributed by atoms with Crippen molar-refractivity contribution < 1.29 is 19.2 Å². The predicted octanol–water partition coefficient (Wildman–Crippen LogP) is 2.84. The summed E-state index contributed by atoms with van der Waals surface area (Å²) in [5, 5.41) is 22.5. The number of rotatable bonds is 7. The second-order valence-corrected chi connectivity index (χ2v) is 5.26. The van der Waals surface area contributed by atoms with Crippen LogP contribution in [0.3, 0.4) is 0 Å². The first kappa shape index (κ1) is 16.2. The lowest BCUT2D eigenvalue weighted by Crippen LogP contribution is -2.15. The minimum absolute atomic E-state index is 0.0155. The van der Waals surface area contributed by atoms with Crippen molar-refractivity contribution in [2.45, 2.75) is 6.92 Å². The Kier molecular flexibility index (Phi) is 5.75. The van der Waals surface area contributed by atoms with Gasteiger partial charge in [0, 0.05) is 6.54 Å². The molecule has 1 atom stereocenters. The summed E-state index contributed by atoms with van der Waals surface area (Å²) < 4.78 is 13.4. The predicted molar refractivity (Wildman–Crippen MR) is 76.0 cm³/mol. The highest BCUT2D eigenvalue weighted by molar-refractivity contribution is 7.98. The second kappa shape index (κ2) is 7.09. The number of halogens is 1. The summed E-state index contributed by atoms with van der Waals surface area (Å²) in [5.41, 5.74) is -1.04. The molecule has 0 spiro atoms. The zero-order valence-electron chi connectivity index (χ0n) is 11.1. The molecule has 1 aromatic rings. The first-order chi connectivity index (χ1) is 9.36. The van der Waals surface area contributed by atoms with Crippen LogP contribution >= 0.6 is 11.8 Å².